The van der Waals surface area contributed by atoms with Crippen LogP contribution in [-0.4, -0.2) is 17.0 Å². The van der Waals surface area contributed by atoms with Gasteiger partial charge in [0.05, 0.1) is 5.69 Å². The van der Waals surface area contributed by atoms with Crippen molar-refractivity contribution in [1.29, 1.82) is 0 Å². The SMILES string of the molecule is O=C1NC(NNc2ccccc2)=N/C1=C\c1ccccc1O. The number of benzene rings is 2. The summed E-state index contributed by atoms with van der Waals surface area (Å²) in [6, 6.07) is 16.2. The number of nitrogens with zero attached hydrogens (tertiary/aromatic N) is 1. The maximum absolute atomic E-state index is 11.9. The van der Waals surface area contributed by atoms with Gasteiger partial charge in [-0.2, -0.15) is 0 Å². The summed E-state index contributed by atoms with van der Waals surface area (Å²) in [5.74, 6) is 0.0676. The Hall–Kier alpha value is -3.28. The van der Waals surface area contributed by atoms with Gasteiger partial charge in [-0.1, -0.05) is 36.4 Å². The molecule has 0 spiro atoms. The summed E-state index contributed by atoms with van der Waals surface area (Å²) in [6.07, 6.45) is 1.53. The van der Waals surface area contributed by atoms with Crippen LogP contribution in [0.2, 0.25) is 0 Å². The summed E-state index contributed by atoms with van der Waals surface area (Å²) in [5, 5.41) is 12.3. The van der Waals surface area contributed by atoms with Crippen LogP contribution in [0.4, 0.5) is 5.69 Å². The Morgan fingerprint density at radius 1 is 1.00 bits per heavy atom. The first-order chi connectivity index (χ1) is 10.7. The molecule has 2 aromatic carbocycles. The Morgan fingerprint density at radius 3 is 2.50 bits per heavy atom. The lowest BCUT2D eigenvalue weighted by molar-refractivity contribution is -0.115. The van der Waals surface area contributed by atoms with Gasteiger partial charge in [0, 0.05) is 5.56 Å². The van der Waals surface area contributed by atoms with Gasteiger partial charge in [0.25, 0.3) is 5.91 Å². The number of guanidine groups is 1. The van der Waals surface area contributed by atoms with Crippen LogP contribution in [0.25, 0.3) is 6.08 Å². The van der Waals surface area contributed by atoms with E-state index in [9.17, 15) is 9.90 Å². The summed E-state index contributed by atoms with van der Waals surface area (Å²) in [5.41, 5.74) is 7.36. The van der Waals surface area contributed by atoms with Gasteiger partial charge < -0.3 is 5.11 Å². The first kappa shape index (κ1) is 13.7. The van der Waals surface area contributed by atoms with E-state index in [-0.39, 0.29) is 17.4 Å². The number of nitrogens with one attached hydrogen (secondary N) is 3. The van der Waals surface area contributed by atoms with Crippen LogP contribution in [0.1, 0.15) is 5.56 Å². The second-order valence-corrected chi connectivity index (χ2v) is 4.62. The van der Waals surface area contributed by atoms with Gasteiger partial charge >= 0.3 is 0 Å². The minimum atomic E-state index is -0.333. The molecule has 110 valence electrons. The van der Waals surface area contributed by atoms with Crippen molar-refractivity contribution in [2.24, 2.45) is 4.99 Å². The number of hydrogen-bond acceptors (Lipinski definition) is 5. The van der Waals surface area contributed by atoms with E-state index in [0.29, 0.717) is 11.5 Å². The molecule has 3 rings (SSSR count). The average molecular weight is 294 g/mol. The molecular formula is C16H14N4O2. The fourth-order valence-corrected chi connectivity index (χ4v) is 1.94. The number of hydrazine groups is 1. The highest BCUT2D eigenvalue weighted by Crippen LogP contribution is 2.20. The number of para-hydroxylation sites is 2. The monoisotopic (exact) mass is 294 g/mol. The fourth-order valence-electron chi connectivity index (χ4n) is 1.94. The van der Waals surface area contributed by atoms with Crippen molar-refractivity contribution >= 4 is 23.6 Å². The van der Waals surface area contributed by atoms with E-state index in [4.69, 9.17) is 0 Å². The molecule has 0 bridgehead atoms. The van der Waals surface area contributed by atoms with E-state index in [2.05, 4.69) is 21.2 Å². The van der Waals surface area contributed by atoms with Gasteiger partial charge in [-0.3, -0.25) is 21.0 Å². The number of hydrogen-bond donors (Lipinski definition) is 4. The normalized spacial score (nSPS) is 15.4. The van der Waals surface area contributed by atoms with Crippen LogP contribution in [0.15, 0.2) is 65.3 Å². The molecule has 1 aliphatic heterocycles. The zero-order chi connectivity index (χ0) is 15.4. The number of rotatable bonds is 3. The second kappa shape index (κ2) is 6.01. The predicted molar refractivity (Wildman–Crippen MR) is 84.9 cm³/mol. The number of aromatic hydroxyl groups is 1. The molecule has 0 fully saturated rings. The van der Waals surface area contributed by atoms with E-state index in [1.54, 1.807) is 24.3 Å². The van der Waals surface area contributed by atoms with Gasteiger partial charge in [-0.15, -0.1) is 0 Å². The van der Waals surface area contributed by atoms with Crippen LogP contribution < -0.4 is 16.2 Å². The number of phenols is 1. The zero-order valence-electron chi connectivity index (χ0n) is 11.6. The molecule has 0 aliphatic carbocycles. The lowest BCUT2D eigenvalue weighted by atomic mass is 10.1. The van der Waals surface area contributed by atoms with Gasteiger partial charge in [0.1, 0.15) is 11.4 Å². The molecule has 22 heavy (non-hydrogen) atoms. The molecule has 0 unspecified atom stereocenters. The Labute approximate surface area is 127 Å². The van der Waals surface area contributed by atoms with Crippen LogP contribution in [-0.2, 0) is 4.79 Å². The third-order valence-corrected chi connectivity index (χ3v) is 3.02. The van der Waals surface area contributed by atoms with Gasteiger partial charge in [-0.05, 0) is 24.3 Å². The zero-order valence-corrected chi connectivity index (χ0v) is 11.6. The van der Waals surface area contributed by atoms with E-state index >= 15 is 0 Å². The van der Waals surface area contributed by atoms with Gasteiger partial charge in [0.15, 0.2) is 0 Å². The summed E-state index contributed by atoms with van der Waals surface area (Å²) >= 11 is 0. The molecule has 4 N–H and O–H groups in total. The number of carbonyl (C=O) groups excluding carboxylic acids is 1. The minimum Gasteiger partial charge on any atom is -0.507 e. The van der Waals surface area contributed by atoms with Crippen LogP contribution in [0.5, 0.6) is 5.75 Å². The lowest BCUT2D eigenvalue weighted by Crippen LogP contribution is -2.39. The van der Waals surface area contributed by atoms with Crippen molar-refractivity contribution in [3.63, 3.8) is 0 Å². The molecule has 0 saturated heterocycles. The quantitative estimate of drug-likeness (QED) is 0.514. The first-order valence-electron chi connectivity index (χ1n) is 6.69. The number of phenolic OH excluding ortho intramolecular Hbond substituents is 1. The molecular weight excluding hydrogens is 280 g/mol. The standard InChI is InChI=1S/C16H14N4O2/c21-14-9-5-4-6-11(14)10-13-15(22)18-16(17-13)20-19-12-7-2-1-3-8-12/h1-10,19,21H,(H2,17,18,20,22)/b13-10-. The molecule has 2 aromatic rings. The smallest absolute Gasteiger partial charge is 0.276 e. The predicted octanol–water partition coefficient (Wildman–Crippen LogP) is 1.84. The third kappa shape index (κ3) is 3.06. The number of anilines is 1. The fraction of sp³-hybridized carbons (Fsp3) is 0. The molecule has 0 radical (unpaired) electrons. The molecule has 1 heterocycles. The lowest BCUT2D eigenvalue weighted by Gasteiger charge is -2.07. The molecule has 0 atom stereocenters. The Bertz CT molecular complexity index is 754. The van der Waals surface area contributed by atoms with Crippen molar-refractivity contribution in [2.75, 3.05) is 5.43 Å². The van der Waals surface area contributed by atoms with Crippen molar-refractivity contribution in [2.45, 2.75) is 0 Å². The minimum absolute atomic E-state index is 0.0989. The highest BCUT2D eigenvalue weighted by molar-refractivity contribution is 6.13. The summed E-state index contributed by atoms with van der Waals surface area (Å²) in [7, 11) is 0. The van der Waals surface area contributed by atoms with Gasteiger partial charge in [0.2, 0.25) is 5.96 Å². The summed E-state index contributed by atoms with van der Waals surface area (Å²) in [6.45, 7) is 0. The first-order valence-corrected chi connectivity index (χ1v) is 6.69. The maximum atomic E-state index is 11.9. The third-order valence-electron chi connectivity index (χ3n) is 3.02. The molecule has 6 nitrogen and oxygen atoms in total. The molecule has 6 heteroatoms. The Morgan fingerprint density at radius 2 is 1.73 bits per heavy atom. The second-order valence-electron chi connectivity index (χ2n) is 4.62. The molecule has 0 aromatic heterocycles. The molecule has 1 aliphatic rings. The largest absolute Gasteiger partial charge is 0.507 e. The van der Waals surface area contributed by atoms with Crippen molar-refractivity contribution < 1.29 is 9.90 Å². The van der Waals surface area contributed by atoms with Crippen LogP contribution in [0, 0.1) is 0 Å². The maximum Gasteiger partial charge on any atom is 0.276 e. The van der Waals surface area contributed by atoms with Crippen molar-refractivity contribution in [1.82, 2.24) is 10.7 Å². The van der Waals surface area contributed by atoms with Gasteiger partial charge in [-0.25, -0.2) is 4.99 Å². The molecule has 0 saturated carbocycles. The topological polar surface area (TPSA) is 85.8 Å². The number of aliphatic imine (C=N–C) groups is 1. The molecule has 1 amide bonds. The summed E-state index contributed by atoms with van der Waals surface area (Å²) < 4.78 is 0. The van der Waals surface area contributed by atoms with Crippen LogP contribution >= 0.6 is 0 Å². The average Bonchev–Trinajstić information content (AvgIpc) is 2.89. The van der Waals surface area contributed by atoms with E-state index in [1.807, 2.05) is 30.3 Å². The Balaban J connectivity index is 1.73. The van der Waals surface area contributed by atoms with Crippen molar-refractivity contribution in [3.8, 4) is 5.75 Å². The summed E-state index contributed by atoms with van der Waals surface area (Å²) in [4.78, 5) is 16.0. The van der Waals surface area contributed by atoms with E-state index in [0.717, 1.165) is 5.69 Å². The highest BCUT2D eigenvalue weighted by atomic mass is 16.3. The number of carbonyl (C=O) groups is 1. The Kier molecular flexibility index (Phi) is 3.74. The van der Waals surface area contributed by atoms with Crippen LogP contribution in [0.3, 0.4) is 0 Å². The number of amides is 1. The van der Waals surface area contributed by atoms with E-state index < -0.39 is 0 Å². The van der Waals surface area contributed by atoms with E-state index in [1.165, 1.54) is 6.08 Å². The van der Waals surface area contributed by atoms with Crippen molar-refractivity contribution in [3.05, 3.63) is 65.9 Å². The highest BCUT2D eigenvalue weighted by Gasteiger charge is 2.20.